The van der Waals surface area contributed by atoms with Crippen molar-refractivity contribution in [1.29, 1.82) is 0 Å². The van der Waals surface area contributed by atoms with Crippen LogP contribution in [0.25, 0.3) is 0 Å². The number of aliphatic hydroxyl groups is 1. The predicted molar refractivity (Wildman–Crippen MR) is 62.0 cm³/mol. The summed E-state index contributed by atoms with van der Waals surface area (Å²) < 4.78 is 0. The first-order chi connectivity index (χ1) is 8.06. The molecule has 0 radical (unpaired) electrons. The number of carboxylic acids is 1. The third kappa shape index (κ3) is 3.72. The second-order valence-electron chi connectivity index (χ2n) is 3.36. The number of halogens is 1. The first kappa shape index (κ1) is 13.5. The lowest BCUT2D eigenvalue weighted by molar-refractivity contribution is -0.139. The Balaban J connectivity index is 2.77. The van der Waals surface area contributed by atoms with Gasteiger partial charge in [0, 0.05) is 13.0 Å². The molecule has 0 aromatic heterocycles. The molecule has 0 bridgehead atoms. The van der Waals surface area contributed by atoms with Gasteiger partial charge >= 0.3 is 5.97 Å². The topological polar surface area (TPSA) is 86.6 Å². The second kappa shape index (κ2) is 6.22. The molecule has 0 saturated carbocycles. The molecule has 0 spiro atoms. The number of hydrogen-bond acceptors (Lipinski definition) is 3. The van der Waals surface area contributed by atoms with Crippen molar-refractivity contribution in [2.45, 2.75) is 12.5 Å². The van der Waals surface area contributed by atoms with Gasteiger partial charge in [0.15, 0.2) is 0 Å². The number of carbonyl (C=O) groups is 2. The SMILES string of the molecule is O=C(N[C@@H](CCO)C(=O)O)c1ccccc1Cl. The minimum atomic E-state index is -1.19. The van der Waals surface area contributed by atoms with Crippen molar-refractivity contribution >= 4 is 23.5 Å². The summed E-state index contributed by atoms with van der Waals surface area (Å²) in [5, 5.41) is 20.0. The van der Waals surface area contributed by atoms with E-state index in [-0.39, 0.29) is 23.6 Å². The molecule has 1 amide bonds. The van der Waals surface area contributed by atoms with Crippen LogP contribution in [0.5, 0.6) is 0 Å². The molecule has 0 saturated heterocycles. The number of benzene rings is 1. The largest absolute Gasteiger partial charge is 0.480 e. The normalized spacial score (nSPS) is 11.9. The molecule has 0 aliphatic heterocycles. The van der Waals surface area contributed by atoms with Crippen LogP contribution < -0.4 is 5.32 Å². The van der Waals surface area contributed by atoms with Crippen LogP contribution >= 0.6 is 11.6 Å². The molecule has 3 N–H and O–H groups in total. The van der Waals surface area contributed by atoms with Crippen molar-refractivity contribution < 1.29 is 19.8 Å². The van der Waals surface area contributed by atoms with Gasteiger partial charge in [-0.15, -0.1) is 0 Å². The highest BCUT2D eigenvalue weighted by atomic mass is 35.5. The molecule has 5 nitrogen and oxygen atoms in total. The summed E-state index contributed by atoms with van der Waals surface area (Å²) in [5.41, 5.74) is 0.207. The Morgan fingerprint density at radius 1 is 1.35 bits per heavy atom. The van der Waals surface area contributed by atoms with Crippen molar-refractivity contribution in [3.8, 4) is 0 Å². The zero-order valence-electron chi connectivity index (χ0n) is 8.89. The Kier molecular flexibility index (Phi) is 4.93. The van der Waals surface area contributed by atoms with E-state index < -0.39 is 17.9 Å². The Morgan fingerprint density at radius 2 is 2.00 bits per heavy atom. The maximum absolute atomic E-state index is 11.7. The number of aliphatic carboxylic acids is 1. The Bertz CT molecular complexity index is 422. The molecule has 0 aliphatic carbocycles. The summed E-state index contributed by atoms with van der Waals surface area (Å²) in [4.78, 5) is 22.5. The minimum absolute atomic E-state index is 0.0501. The van der Waals surface area contributed by atoms with Crippen LogP contribution in [-0.4, -0.2) is 34.7 Å². The van der Waals surface area contributed by atoms with Crippen LogP contribution in [0.4, 0.5) is 0 Å². The van der Waals surface area contributed by atoms with Crippen LogP contribution in [-0.2, 0) is 4.79 Å². The molecule has 1 aromatic rings. The average molecular weight is 258 g/mol. The minimum Gasteiger partial charge on any atom is -0.480 e. The maximum Gasteiger partial charge on any atom is 0.326 e. The fourth-order valence-corrected chi connectivity index (χ4v) is 1.49. The van der Waals surface area contributed by atoms with Crippen molar-refractivity contribution in [3.63, 3.8) is 0 Å². The van der Waals surface area contributed by atoms with Gasteiger partial charge in [0.05, 0.1) is 10.6 Å². The highest BCUT2D eigenvalue weighted by molar-refractivity contribution is 6.33. The van der Waals surface area contributed by atoms with Gasteiger partial charge in [-0.3, -0.25) is 4.79 Å². The van der Waals surface area contributed by atoms with Gasteiger partial charge in [-0.1, -0.05) is 23.7 Å². The number of nitrogens with one attached hydrogen (secondary N) is 1. The monoisotopic (exact) mass is 257 g/mol. The van der Waals surface area contributed by atoms with Gasteiger partial charge in [-0.25, -0.2) is 4.79 Å². The molecule has 0 unspecified atom stereocenters. The summed E-state index contributed by atoms with van der Waals surface area (Å²) in [5.74, 6) is -1.77. The summed E-state index contributed by atoms with van der Waals surface area (Å²) in [6, 6.07) is 5.21. The van der Waals surface area contributed by atoms with Gasteiger partial charge < -0.3 is 15.5 Å². The van der Waals surface area contributed by atoms with E-state index in [1.807, 2.05) is 0 Å². The van der Waals surface area contributed by atoms with E-state index in [2.05, 4.69) is 5.32 Å². The molecule has 0 heterocycles. The van der Waals surface area contributed by atoms with Crippen molar-refractivity contribution in [1.82, 2.24) is 5.32 Å². The van der Waals surface area contributed by atoms with E-state index in [4.69, 9.17) is 21.8 Å². The molecular formula is C11H12ClNO4. The van der Waals surface area contributed by atoms with Gasteiger partial charge in [-0.05, 0) is 12.1 Å². The average Bonchev–Trinajstić information content (AvgIpc) is 2.28. The van der Waals surface area contributed by atoms with E-state index in [1.54, 1.807) is 12.1 Å². The summed E-state index contributed by atoms with van der Waals surface area (Å²) in [6.45, 7) is -0.320. The van der Waals surface area contributed by atoms with Crippen LogP contribution in [0.3, 0.4) is 0 Å². The summed E-state index contributed by atoms with van der Waals surface area (Å²) in [6.07, 6.45) is -0.0501. The Morgan fingerprint density at radius 3 is 2.53 bits per heavy atom. The van der Waals surface area contributed by atoms with Crippen LogP contribution in [0.2, 0.25) is 5.02 Å². The summed E-state index contributed by atoms with van der Waals surface area (Å²) >= 11 is 5.80. The molecule has 0 fully saturated rings. The first-order valence-corrected chi connectivity index (χ1v) is 5.33. The third-order valence-electron chi connectivity index (χ3n) is 2.14. The van der Waals surface area contributed by atoms with Crippen molar-refractivity contribution in [2.75, 3.05) is 6.61 Å². The van der Waals surface area contributed by atoms with Gasteiger partial charge in [0.1, 0.15) is 6.04 Å². The zero-order valence-corrected chi connectivity index (χ0v) is 9.65. The third-order valence-corrected chi connectivity index (χ3v) is 2.47. The van der Waals surface area contributed by atoms with Crippen molar-refractivity contribution in [2.24, 2.45) is 0 Å². The van der Waals surface area contributed by atoms with E-state index >= 15 is 0 Å². The molecule has 6 heteroatoms. The van der Waals surface area contributed by atoms with Crippen LogP contribution in [0.1, 0.15) is 16.8 Å². The number of aliphatic hydroxyl groups excluding tert-OH is 1. The predicted octanol–water partition coefficient (Wildman–Crippen LogP) is 0.905. The number of amides is 1. The smallest absolute Gasteiger partial charge is 0.326 e. The van der Waals surface area contributed by atoms with E-state index in [1.165, 1.54) is 12.1 Å². The molecule has 17 heavy (non-hydrogen) atoms. The highest BCUT2D eigenvalue weighted by Gasteiger charge is 2.20. The standard InChI is InChI=1S/C11H12ClNO4/c12-8-4-2-1-3-7(8)10(15)13-9(5-6-14)11(16)17/h1-4,9,14H,5-6H2,(H,13,15)(H,16,17)/t9-/m0/s1. The molecule has 1 rings (SSSR count). The first-order valence-electron chi connectivity index (χ1n) is 4.95. The Labute approximate surface area is 103 Å². The van der Waals surface area contributed by atoms with Gasteiger partial charge in [0.2, 0.25) is 0 Å². The fourth-order valence-electron chi connectivity index (χ4n) is 1.27. The zero-order chi connectivity index (χ0) is 12.8. The van der Waals surface area contributed by atoms with E-state index in [0.717, 1.165) is 0 Å². The molecule has 92 valence electrons. The van der Waals surface area contributed by atoms with Crippen LogP contribution in [0.15, 0.2) is 24.3 Å². The Hall–Kier alpha value is -1.59. The van der Waals surface area contributed by atoms with E-state index in [9.17, 15) is 9.59 Å². The molecule has 0 aliphatic rings. The van der Waals surface area contributed by atoms with Gasteiger partial charge in [-0.2, -0.15) is 0 Å². The number of carbonyl (C=O) groups excluding carboxylic acids is 1. The summed E-state index contributed by atoms with van der Waals surface area (Å²) in [7, 11) is 0. The van der Waals surface area contributed by atoms with Gasteiger partial charge in [0.25, 0.3) is 5.91 Å². The molecular weight excluding hydrogens is 246 g/mol. The molecule has 1 aromatic carbocycles. The highest BCUT2D eigenvalue weighted by Crippen LogP contribution is 2.14. The maximum atomic E-state index is 11.7. The number of hydrogen-bond donors (Lipinski definition) is 3. The second-order valence-corrected chi connectivity index (χ2v) is 3.76. The quantitative estimate of drug-likeness (QED) is 0.732. The van der Waals surface area contributed by atoms with E-state index in [0.29, 0.717) is 0 Å². The number of rotatable bonds is 5. The molecule has 1 atom stereocenters. The van der Waals surface area contributed by atoms with Crippen LogP contribution in [0, 0.1) is 0 Å². The fraction of sp³-hybridized carbons (Fsp3) is 0.273. The lowest BCUT2D eigenvalue weighted by Gasteiger charge is -2.13. The lowest BCUT2D eigenvalue weighted by Crippen LogP contribution is -2.41. The lowest BCUT2D eigenvalue weighted by atomic mass is 10.1. The van der Waals surface area contributed by atoms with Crippen molar-refractivity contribution in [3.05, 3.63) is 34.9 Å². The number of carboxylic acid groups (broad SMARTS) is 1.